The van der Waals surface area contributed by atoms with Crippen LogP contribution in [0.4, 0.5) is 4.79 Å². The van der Waals surface area contributed by atoms with Crippen molar-refractivity contribution >= 4 is 28.6 Å². The van der Waals surface area contributed by atoms with Crippen molar-refractivity contribution in [2.24, 2.45) is 0 Å². The number of hydrogen-bond acceptors (Lipinski definition) is 5. The number of hydrogen-bond donors (Lipinski definition) is 0. The van der Waals surface area contributed by atoms with Gasteiger partial charge >= 0.3 is 6.09 Å². The van der Waals surface area contributed by atoms with Crippen LogP contribution < -0.4 is 0 Å². The number of carbonyl (C=O) groups excluding carboxylic acids is 1. The average molecular weight is 345 g/mol. The van der Waals surface area contributed by atoms with E-state index >= 15 is 0 Å². The van der Waals surface area contributed by atoms with E-state index in [-0.39, 0.29) is 0 Å². The Morgan fingerprint density at radius 1 is 1.21 bits per heavy atom. The summed E-state index contributed by atoms with van der Waals surface area (Å²) in [5.74, 6) is 0. The van der Waals surface area contributed by atoms with Crippen LogP contribution in [0.25, 0.3) is 22.2 Å². The number of carbonyl (C=O) groups is 1. The fourth-order valence-corrected chi connectivity index (χ4v) is 2.51. The Kier molecular flexibility index (Phi) is 4.01. The summed E-state index contributed by atoms with van der Waals surface area (Å²) in [7, 11) is 0. The van der Waals surface area contributed by atoms with Crippen LogP contribution in [0.5, 0.6) is 0 Å². The first-order valence-corrected chi connectivity index (χ1v) is 7.83. The highest BCUT2D eigenvalue weighted by molar-refractivity contribution is 6.29. The minimum Gasteiger partial charge on any atom is -0.442 e. The molecule has 0 unspecified atom stereocenters. The molecule has 0 spiro atoms. The van der Waals surface area contributed by atoms with Crippen LogP contribution in [0.1, 0.15) is 26.5 Å². The van der Waals surface area contributed by atoms with Gasteiger partial charge in [0.2, 0.25) is 0 Å². The lowest BCUT2D eigenvalue weighted by molar-refractivity contribution is 0.0522. The third-order valence-corrected chi connectivity index (χ3v) is 3.57. The first-order valence-electron chi connectivity index (χ1n) is 7.45. The molecule has 0 aliphatic heterocycles. The van der Waals surface area contributed by atoms with Crippen molar-refractivity contribution in [1.82, 2.24) is 19.7 Å². The highest BCUT2D eigenvalue weighted by Crippen LogP contribution is 2.26. The van der Waals surface area contributed by atoms with Crippen molar-refractivity contribution in [3.8, 4) is 11.3 Å². The molecule has 0 aliphatic rings. The second-order valence-corrected chi connectivity index (χ2v) is 6.82. The number of aryl methyl sites for hydroxylation is 1. The van der Waals surface area contributed by atoms with Crippen molar-refractivity contribution in [3.63, 3.8) is 0 Å². The van der Waals surface area contributed by atoms with Gasteiger partial charge in [-0.3, -0.25) is 0 Å². The molecule has 124 valence electrons. The molecule has 0 atom stereocenters. The van der Waals surface area contributed by atoms with Crippen LogP contribution >= 0.6 is 11.6 Å². The lowest BCUT2D eigenvalue weighted by Crippen LogP contribution is -2.27. The summed E-state index contributed by atoms with van der Waals surface area (Å²) >= 11 is 5.92. The van der Waals surface area contributed by atoms with Crippen LogP contribution in [0.15, 0.2) is 30.6 Å². The van der Waals surface area contributed by atoms with Crippen LogP contribution in [0, 0.1) is 6.92 Å². The Labute approximate surface area is 144 Å². The molecule has 7 heteroatoms. The van der Waals surface area contributed by atoms with Crippen molar-refractivity contribution in [2.75, 3.05) is 0 Å². The fourth-order valence-electron chi connectivity index (χ4n) is 2.36. The van der Waals surface area contributed by atoms with E-state index in [1.165, 1.54) is 11.0 Å². The maximum absolute atomic E-state index is 12.3. The van der Waals surface area contributed by atoms with Gasteiger partial charge in [0.25, 0.3) is 0 Å². The largest absolute Gasteiger partial charge is 0.442 e. The van der Waals surface area contributed by atoms with Crippen LogP contribution in [-0.2, 0) is 4.74 Å². The Morgan fingerprint density at radius 3 is 2.62 bits per heavy atom. The van der Waals surface area contributed by atoms with Crippen LogP contribution in [0.3, 0.4) is 0 Å². The lowest BCUT2D eigenvalue weighted by atomic mass is 10.1. The Morgan fingerprint density at radius 2 is 1.96 bits per heavy atom. The molecular weight excluding hydrogens is 328 g/mol. The molecule has 0 fully saturated rings. The summed E-state index contributed by atoms with van der Waals surface area (Å²) in [6.07, 6.45) is 0.914. The molecule has 1 aromatic carbocycles. The highest BCUT2D eigenvalue weighted by atomic mass is 35.5. The lowest BCUT2D eigenvalue weighted by Gasteiger charge is -2.19. The van der Waals surface area contributed by atoms with Gasteiger partial charge in [0.1, 0.15) is 17.1 Å². The van der Waals surface area contributed by atoms with Crippen molar-refractivity contribution in [3.05, 3.63) is 41.4 Å². The monoisotopic (exact) mass is 344 g/mol. The number of benzene rings is 1. The zero-order valence-corrected chi connectivity index (χ0v) is 14.6. The number of halogens is 1. The SMILES string of the molecule is Cc1nn(C(=O)OC(C)(C)C)c2ccc(-c3cc(Cl)ncn3)cc12. The number of nitrogens with zero attached hydrogens (tertiary/aromatic N) is 4. The summed E-state index contributed by atoms with van der Waals surface area (Å²) in [5.41, 5.74) is 2.42. The quantitative estimate of drug-likeness (QED) is 0.617. The standard InChI is InChI=1S/C17H17ClN4O2/c1-10-12-7-11(13-8-15(18)20-9-19-13)5-6-14(12)22(21-10)16(23)24-17(2,3)4/h5-9H,1-4H3. The third-order valence-electron chi connectivity index (χ3n) is 3.36. The van der Waals surface area contributed by atoms with Crippen molar-refractivity contribution < 1.29 is 9.53 Å². The topological polar surface area (TPSA) is 69.9 Å². The zero-order chi connectivity index (χ0) is 17.5. The molecule has 0 aliphatic carbocycles. The van der Waals surface area contributed by atoms with E-state index < -0.39 is 11.7 Å². The third kappa shape index (κ3) is 3.23. The molecular formula is C17H17ClN4O2. The molecule has 0 radical (unpaired) electrons. The van der Waals surface area contributed by atoms with E-state index in [0.717, 1.165) is 16.6 Å². The molecule has 6 nitrogen and oxygen atoms in total. The van der Waals surface area contributed by atoms with Gasteiger partial charge in [0.05, 0.1) is 16.9 Å². The smallest absolute Gasteiger partial charge is 0.435 e. The second kappa shape index (κ2) is 5.87. The van der Waals surface area contributed by atoms with Crippen molar-refractivity contribution in [1.29, 1.82) is 0 Å². The van der Waals surface area contributed by atoms with E-state index in [1.807, 2.05) is 45.9 Å². The van der Waals surface area contributed by atoms with E-state index in [0.29, 0.717) is 16.4 Å². The van der Waals surface area contributed by atoms with Gasteiger partial charge in [-0.1, -0.05) is 17.7 Å². The summed E-state index contributed by atoms with van der Waals surface area (Å²) < 4.78 is 6.68. The van der Waals surface area contributed by atoms with Gasteiger partial charge in [0, 0.05) is 17.0 Å². The predicted octanol–water partition coefficient (Wildman–Crippen LogP) is 4.24. The summed E-state index contributed by atoms with van der Waals surface area (Å²) in [6.45, 7) is 7.31. The van der Waals surface area contributed by atoms with E-state index in [9.17, 15) is 4.79 Å². The van der Waals surface area contributed by atoms with Crippen LogP contribution in [-0.4, -0.2) is 31.4 Å². The molecule has 0 amide bonds. The normalized spacial score (nSPS) is 11.7. The molecule has 0 saturated heterocycles. The van der Waals surface area contributed by atoms with Gasteiger partial charge in [-0.2, -0.15) is 9.78 Å². The molecule has 24 heavy (non-hydrogen) atoms. The Bertz CT molecular complexity index is 928. The van der Waals surface area contributed by atoms with E-state index in [1.54, 1.807) is 6.07 Å². The van der Waals surface area contributed by atoms with Gasteiger partial charge in [-0.05, 0) is 39.8 Å². The van der Waals surface area contributed by atoms with Gasteiger partial charge in [-0.15, -0.1) is 0 Å². The molecule has 2 aromatic heterocycles. The predicted molar refractivity (Wildman–Crippen MR) is 92.1 cm³/mol. The molecule has 3 rings (SSSR count). The van der Waals surface area contributed by atoms with Crippen LogP contribution in [0.2, 0.25) is 5.15 Å². The molecule has 3 aromatic rings. The molecule has 0 N–H and O–H groups in total. The van der Waals surface area contributed by atoms with Gasteiger partial charge in [0.15, 0.2) is 0 Å². The maximum Gasteiger partial charge on any atom is 0.435 e. The number of ether oxygens (including phenoxy) is 1. The average Bonchev–Trinajstić information content (AvgIpc) is 2.82. The Hall–Kier alpha value is -2.47. The minimum atomic E-state index is -0.582. The first-order chi connectivity index (χ1) is 11.2. The zero-order valence-electron chi connectivity index (χ0n) is 13.9. The summed E-state index contributed by atoms with van der Waals surface area (Å²) in [6, 6.07) is 7.31. The molecule has 2 heterocycles. The summed E-state index contributed by atoms with van der Waals surface area (Å²) in [4.78, 5) is 20.4. The van der Waals surface area contributed by atoms with Gasteiger partial charge in [-0.25, -0.2) is 14.8 Å². The number of fused-ring (bicyclic) bond motifs is 1. The Balaban J connectivity index is 2.06. The highest BCUT2D eigenvalue weighted by Gasteiger charge is 2.21. The van der Waals surface area contributed by atoms with Crippen molar-refractivity contribution in [2.45, 2.75) is 33.3 Å². The maximum atomic E-state index is 12.3. The molecule has 0 bridgehead atoms. The number of rotatable bonds is 1. The van der Waals surface area contributed by atoms with E-state index in [2.05, 4.69) is 15.1 Å². The summed E-state index contributed by atoms with van der Waals surface area (Å²) in [5, 5.41) is 5.54. The second-order valence-electron chi connectivity index (χ2n) is 6.44. The number of aromatic nitrogens is 4. The minimum absolute atomic E-state index is 0.376. The van der Waals surface area contributed by atoms with Gasteiger partial charge < -0.3 is 4.74 Å². The fraction of sp³-hybridized carbons (Fsp3) is 0.294. The first kappa shape index (κ1) is 16.4. The van der Waals surface area contributed by atoms with E-state index in [4.69, 9.17) is 16.3 Å². The molecule has 0 saturated carbocycles.